The van der Waals surface area contributed by atoms with Gasteiger partial charge in [-0.2, -0.15) is 9.78 Å². The van der Waals surface area contributed by atoms with Crippen LogP contribution in [0.5, 0.6) is 0 Å². The molecule has 0 spiro atoms. The average molecular weight is 429 g/mol. The summed E-state index contributed by atoms with van der Waals surface area (Å²) in [5.74, 6) is 0.978. The largest absolute Gasteiger partial charge is 0.463 e. The van der Waals surface area contributed by atoms with Crippen molar-refractivity contribution in [1.29, 1.82) is 0 Å². The van der Waals surface area contributed by atoms with E-state index >= 15 is 0 Å². The maximum atomic E-state index is 12.9. The van der Waals surface area contributed by atoms with E-state index in [4.69, 9.17) is 4.42 Å². The van der Waals surface area contributed by atoms with Gasteiger partial charge in [0.1, 0.15) is 11.5 Å². The monoisotopic (exact) mass is 428 g/mol. The van der Waals surface area contributed by atoms with Gasteiger partial charge in [-0.3, -0.25) is 4.72 Å². The van der Waals surface area contributed by atoms with Crippen LogP contribution in [0.4, 0.5) is 5.82 Å². The molecule has 0 unspecified atom stereocenters. The second-order valence-electron chi connectivity index (χ2n) is 6.57. The molecule has 0 aliphatic rings. The summed E-state index contributed by atoms with van der Waals surface area (Å²) >= 11 is 1.35. The van der Waals surface area contributed by atoms with E-state index in [0.29, 0.717) is 28.1 Å². The van der Waals surface area contributed by atoms with Crippen molar-refractivity contribution in [2.75, 3.05) is 4.72 Å². The van der Waals surface area contributed by atoms with Crippen LogP contribution in [0.2, 0.25) is 0 Å². The van der Waals surface area contributed by atoms with Gasteiger partial charge >= 0.3 is 0 Å². The fourth-order valence-electron chi connectivity index (χ4n) is 2.94. The predicted molar refractivity (Wildman–Crippen MR) is 113 cm³/mol. The first-order valence-corrected chi connectivity index (χ1v) is 11.5. The number of nitrogens with zero attached hydrogens (tertiary/aromatic N) is 3. The van der Waals surface area contributed by atoms with Crippen molar-refractivity contribution in [3.05, 3.63) is 65.4 Å². The number of aryl methyl sites for hydroxylation is 2. The van der Waals surface area contributed by atoms with Crippen LogP contribution in [0.15, 0.2) is 63.4 Å². The molecule has 4 rings (SSSR count). The summed E-state index contributed by atoms with van der Waals surface area (Å²) in [7, 11) is -3.75. The molecule has 3 aromatic heterocycles. The van der Waals surface area contributed by atoms with Crippen LogP contribution in [0, 0.1) is 6.92 Å². The van der Waals surface area contributed by atoms with Crippen molar-refractivity contribution >= 4 is 27.2 Å². The van der Waals surface area contributed by atoms with E-state index in [1.807, 2.05) is 23.6 Å². The Balaban J connectivity index is 1.63. The maximum absolute atomic E-state index is 12.9. The van der Waals surface area contributed by atoms with Crippen molar-refractivity contribution in [2.24, 2.45) is 0 Å². The third-order valence-electron chi connectivity index (χ3n) is 4.29. The minimum Gasteiger partial charge on any atom is -0.463 e. The van der Waals surface area contributed by atoms with Gasteiger partial charge < -0.3 is 4.42 Å². The van der Waals surface area contributed by atoms with E-state index in [9.17, 15) is 8.42 Å². The van der Waals surface area contributed by atoms with Crippen LogP contribution in [0.1, 0.15) is 24.6 Å². The summed E-state index contributed by atoms with van der Waals surface area (Å²) < 4.78 is 35.2. The van der Waals surface area contributed by atoms with Gasteiger partial charge in [0.05, 0.1) is 16.9 Å². The molecular weight excluding hydrogens is 408 g/mol. The Kier molecular flexibility index (Phi) is 5.25. The molecule has 0 aliphatic carbocycles. The van der Waals surface area contributed by atoms with Crippen molar-refractivity contribution in [3.8, 4) is 16.6 Å². The van der Waals surface area contributed by atoms with Crippen LogP contribution in [-0.2, 0) is 16.4 Å². The molecule has 0 bridgehead atoms. The molecule has 7 nitrogen and oxygen atoms in total. The highest BCUT2D eigenvalue weighted by Crippen LogP contribution is 2.27. The summed E-state index contributed by atoms with van der Waals surface area (Å²) in [4.78, 5) is 4.73. The van der Waals surface area contributed by atoms with Gasteiger partial charge in [0.2, 0.25) is 5.13 Å². The maximum Gasteiger partial charge on any atom is 0.263 e. The minimum atomic E-state index is -3.75. The number of thiazole rings is 1. The standard InChI is InChI=1S/C20H20N4O3S2/c1-3-5-15-7-9-16(10-8-15)29(25,26)23-19-12-14(2)22-24(19)20-21-17(13-28-20)18-6-4-11-27-18/h4,6-13,23H,3,5H2,1-2H3. The molecule has 0 saturated carbocycles. The van der Waals surface area contributed by atoms with E-state index in [2.05, 4.69) is 21.7 Å². The van der Waals surface area contributed by atoms with Crippen molar-refractivity contribution in [3.63, 3.8) is 0 Å². The fourth-order valence-corrected chi connectivity index (χ4v) is 4.75. The number of anilines is 1. The fraction of sp³-hybridized carbons (Fsp3) is 0.200. The molecule has 1 aromatic carbocycles. The second-order valence-corrected chi connectivity index (χ2v) is 9.09. The number of rotatable bonds is 7. The molecule has 0 atom stereocenters. The average Bonchev–Trinajstić information content (AvgIpc) is 3.42. The lowest BCUT2D eigenvalue weighted by atomic mass is 10.1. The third-order valence-corrected chi connectivity index (χ3v) is 6.48. The zero-order valence-corrected chi connectivity index (χ0v) is 17.6. The van der Waals surface area contributed by atoms with Gasteiger partial charge in [0, 0.05) is 11.4 Å². The number of nitrogens with one attached hydrogen (secondary N) is 1. The lowest BCUT2D eigenvalue weighted by Crippen LogP contribution is -2.16. The molecule has 0 aliphatic heterocycles. The van der Waals surface area contributed by atoms with Crippen LogP contribution in [0.3, 0.4) is 0 Å². The van der Waals surface area contributed by atoms with E-state index in [1.54, 1.807) is 37.5 Å². The Morgan fingerprint density at radius 3 is 2.69 bits per heavy atom. The quantitative estimate of drug-likeness (QED) is 0.463. The van der Waals surface area contributed by atoms with Crippen molar-refractivity contribution in [2.45, 2.75) is 31.6 Å². The van der Waals surface area contributed by atoms with E-state index in [1.165, 1.54) is 16.0 Å². The minimum absolute atomic E-state index is 0.207. The number of hydrogen-bond donors (Lipinski definition) is 1. The van der Waals surface area contributed by atoms with Crippen LogP contribution in [-0.4, -0.2) is 23.2 Å². The summed E-state index contributed by atoms with van der Waals surface area (Å²) in [5, 5.41) is 6.78. The number of benzene rings is 1. The van der Waals surface area contributed by atoms with Gasteiger partial charge in [0.25, 0.3) is 10.0 Å². The van der Waals surface area contributed by atoms with Gasteiger partial charge in [-0.15, -0.1) is 11.3 Å². The molecule has 0 amide bonds. The van der Waals surface area contributed by atoms with Crippen LogP contribution >= 0.6 is 11.3 Å². The van der Waals surface area contributed by atoms with Crippen molar-refractivity contribution in [1.82, 2.24) is 14.8 Å². The number of sulfonamides is 1. The van der Waals surface area contributed by atoms with Gasteiger partial charge in [-0.1, -0.05) is 25.5 Å². The van der Waals surface area contributed by atoms with E-state index < -0.39 is 10.0 Å². The van der Waals surface area contributed by atoms with E-state index in [-0.39, 0.29) is 4.90 Å². The van der Waals surface area contributed by atoms with Crippen LogP contribution < -0.4 is 4.72 Å². The molecule has 29 heavy (non-hydrogen) atoms. The van der Waals surface area contributed by atoms with Gasteiger partial charge in [-0.25, -0.2) is 13.4 Å². The highest BCUT2D eigenvalue weighted by molar-refractivity contribution is 7.92. The Labute approximate surface area is 173 Å². The lowest BCUT2D eigenvalue weighted by molar-refractivity contribution is 0.580. The Bertz CT molecular complexity index is 1210. The van der Waals surface area contributed by atoms with Crippen LogP contribution in [0.25, 0.3) is 16.6 Å². The highest BCUT2D eigenvalue weighted by atomic mass is 32.2. The molecule has 9 heteroatoms. The molecule has 4 aromatic rings. The number of hydrogen-bond acceptors (Lipinski definition) is 6. The summed E-state index contributed by atoms with van der Waals surface area (Å²) in [6.45, 7) is 3.89. The molecule has 150 valence electrons. The SMILES string of the molecule is CCCc1ccc(S(=O)(=O)Nc2cc(C)nn2-c2nc(-c3ccco3)cs2)cc1. The Morgan fingerprint density at radius 1 is 1.21 bits per heavy atom. The second kappa shape index (κ2) is 7.84. The topological polar surface area (TPSA) is 90.0 Å². The van der Waals surface area contributed by atoms with Gasteiger partial charge in [0.15, 0.2) is 5.76 Å². The molecular formula is C20H20N4O3S2. The first-order chi connectivity index (χ1) is 14.0. The molecule has 0 radical (unpaired) electrons. The van der Waals surface area contributed by atoms with Crippen molar-refractivity contribution < 1.29 is 12.8 Å². The normalized spacial score (nSPS) is 11.7. The van der Waals surface area contributed by atoms with Gasteiger partial charge in [-0.05, 0) is 43.2 Å². The Morgan fingerprint density at radius 2 is 2.00 bits per heavy atom. The van der Waals surface area contributed by atoms with E-state index in [0.717, 1.165) is 18.4 Å². The molecule has 1 N–H and O–H groups in total. The molecule has 0 saturated heterocycles. The smallest absolute Gasteiger partial charge is 0.263 e. The number of aromatic nitrogens is 3. The third kappa shape index (κ3) is 4.10. The molecule has 3 heterocycles. The Hall–Kier alpha value is -2.91. The predicted octanol–water partition coefficient (Wildman–Crippen LogP) is 4.65. The first-order valence-electron chi connectivity index (χ1n) is 9.14. The first kappa shape index (κ1) is 19.4. The highest BCUT2D eigenvalue weighted by Gasteiger charge is 2.20. The summed E-state index contributed by atoms with van der Waals surface area (Å²) in [6, 6.07) is 12.2. The number of furan rings is 1. The zero-order valence-electron chi connectivity index (χ0n) is 16.0. The summed E-state index contributed by atoms with van der Waals surface area (Å²) in [6.07, 6.45) is 3.51. The zero-order chi connectivity index (χ0) is 20.4. The molecule has 0 fully saturated rings. The summed E-state index contributed by atoms with van der Waals surface area (Å²) in [5.41, 5.74) is 2.46. The lowest BCUT2D eigenvalue weighted by Gasteiger charge is -2.09.